The van der Waals surface area contributed by atoms with Crippen molar-refractivity contribution >= 4 is 33.0 Å². The Morgan fingerprint density at radius 1 is 0.667 bits per heavy atom. The molecule has 0 aliphatic heterocycles. The van der Waals surface area contributed by atoms with Crippen molar-refractivity contribution in [3.05, 3.63) is 0 Å². The molecule has 0 bridgehead atoms. The Morgan fingerprint density at radius 2 is 0.667 bits per heavy atom. The zero-order valence-electron chi connectivity index (χ0n) is 5.10. The Bertz CT molecular complexity index is 129. The van der Waals surface area contributed by atoms with Crippen LogP contribution in [0, 0.1) is 0 Å². The van der Waals surface area contributed by atoms with Gasteiger partial charge in [-0.1, -0.05) is 0 Å². The molecule has 0 aliphatic carbocycles. The molecule has 0 radical (unpaired) electrons. The summed E-state index contributed by atoms with van der Waals surface area (Å²) in [7, 11) is -9.28. The maximum atomic E-state index is 8.88. The maximum Gasteiger partial charge on any atom is 0.466 e. The van der Waals surface area contributed by atoms with E-state index in [2.05, 4.69) is 0 Å². The summed E-state index contributed by atoms with van der Waals surface area (Å²) in [5.41, 5.74) is 0. The predicted molar refractivity (Wildman–Crippen MR) is 38.5 cm³/mol. The second-order valence-corrected chi connectivity index (χ2v) is 3.08. The van der Waals surface area contributed by atoms with Gasteiger partial charge in [-0.15, -0.1) is 0 Å². The molecule has 12 heavy (non-hydrogen) atoms. The number of hydrogen-bond donors (Lipinski definition) is 6. The summed E-state index contributed by atoms with van der Waals surface area (Å²) in [4.78, 5) is 43.1. The van der Waals surface area contributed by atoms with Crippen molar-refractivity contribution < 1.29 is 58.0 Å². The van der Waals surface area contributed by atoms with E-state index in [9.17, 15) is 0 Å². The Hall–Kier alpha value is 1.38. The molecular weight excluding hydrogens is 282 g/mol. The molecule has 0 heterocycles. The van der Waals surface area contributed by atoms with E-state index in [1.54, 1.807) is 0 Å². The van der Waals surface area contributed by atoms with Crippen LogP contribution in [0.15, 0.2) is 0 Å². The van der Waals surface area contributed by atoms with E-state index in [0.717, 1.165) is 0 Å². The van der Waals surface area contributed by atoms with Crippen molar-refractivity contribution in [1.29, 1.82) is 0 Å². The first-order valence-electron chi connectivity index (χ1n) is 1.57. The third kappa shape index (κ3) is 647. The van der Waals surface area contributed by atoms with E-state index in [-0.39, 0.29) is 36.8 Å². The van der Waals surface area contributed by atoms with E-state index >= 15 is 0 Å². The number of rotatable bonds is 0. The zero-order chi connectivity index (χ0) is 9.00. The standard InChI is InChI=1S/Al.2H3O4P.Zn.3H/c;2*1-5(2,3)4;;;;/h;2*(H3,1,2,3,4);;;;. The molecule has 0 aliphatic rings. The van der Waals surface area contributed by atoms with Gasteiger partial charge in [0.1, 0.15) is 0 Å². The molecule has 0 saturated carbocycles. The van der Waals surface area contributed by atoms with Gasteiger partial charge >= 0.3 is 15.6 Å². The monoisotopic (exact) mass is 290 g/mol. The van der Waals surface area contributed by atoms with Crippen molar-refractivity contribution in [2.75, 3.05) is 0 Å². The minimum absolute atomic E-state index is 0. The molecule has 0 atom stereocenters. The summed E-state index contributed by atoms with van der Waals surface area (Å²) in [6, 6.07) is 0. The van der Waals surface area contributed by atoms with E-state index in [1.165, 1.54) is 0 Å². The van der Waals surface area contributed by atoms with Gasteiger partial charge in [-0.2, -0.15) is 0 Å². The van der Waals surface area contributed by atoms with Crippen LogP contribution in [0.4, 0.5) is 0 Å². The first-order chi connectivity index (χ1) is 4.00. The molecule has 0 fully saturated rings. The van der Waals surface area contributed by atoms with Gasteiger partial charge in [-0.3, -0.25) is 0 Å². The molecule has 12 heteroatoms. The summed E-state index contributed by atoms with van der Waals surface area (Å²) in [5.74, 6) is 0. The minimum Gasteiger partial charge on any atom is -0.303 e. The van der Waals surface area contributed by atoms with Gasteiger partial charge in [-0.25, -0.2) is 9.13 Å². The largest absolute Gasteiger partial charge is 0.466 e. The Labute approximate surface area is 91.0 Å². The number of hydrogen-bond acceptors (Lipinski definition) is 2. The van der Waals surface area contributed by atoms with Crippen LogP contribution < -0.4 is 0 Å². The van der Waals surface area contributed by atoms with Crippen molar-refractivity contribution in [3.63, 3.8) is 0 Å². The normalized spacial score (nSPS) is 9.83. The Balaban J connectivity index is -0.0000000457. The van der Waals surface area contributed by atoms with Crippen LogP contribution in [0.5, 0.6) is 0 Å². The summed E-state index contributed by atoms with van der Waals surface area (Å²) >= 11 is 0. The van der Waals surface area contributed by atoms with E-state index in [1.807, 2.05) is 0 Å². The molecular formula is H9AlO8P2Zn. The smallest absolute Gasteiger partial charge is 0.303 e. The summed E-state index contributed by atoms with van der Waals surface area (Å²) in [6.45, 7) is 0. The fourth-order valence-electron chi connectivity index (χ4n) is 0. The van der Waals surface area contributed by atoms with E-state index in [0.29, 0.717) is 0 Å². The predicted octanol–water partition coefficient (Wildman–Crippen LogP) is -3.04. The summed E-state index contributed by atoms with van der Waals surface area (Å²) < 4.78 is 17.8. The van der Waals surface area contributed by atoms with Gasteiger partial charge in [0.05, 0.1) is 0 Å². The van der Waals surface area contributed by atoms with E-state index in [4.69, 9.17) is 38.5 Å². The van der Waals surface area contributed by atoms with Gasteiger partial charge in [0, 0.05) is 19.5 Å². The molecule has 0 amide bonds. The average molecular weight is 291 g/mol. The average Bonchev–Trinajstić information content (AvgIpc) is 1.12. The minimum atomic E-state index is -4.64. The van der Waals surface area contributed by atoms with Crippen LogP contribution >= 0.6 is 15.6 Å². The molecule has 0 rings (SSSR count). The number of phosphoric acid groups is 2. The van der Waals surface area contributed by atoms with Crippen molar-refractivity contribution in [2.45, 2.75) is 0 Å². The van der Waals surface area contributed by atoms with Crippen LogP contribution in [0.2, 0.25) is 0 Å². The first-order valence-corrected chi connectivity index (χ1v) is 4.70. The zero-order valence-corrected chi connectivity index (χ0v) is 9.86. The van der Waals surface area contributed by atoms with Gasteiger partial charge in [0.2, 0.25) is 0 Å². The first kappa shape index (κ1) is 23.3. The third-order valence-corrected chi connectivity index (χ3v) is 0. The molecule has 72 valence electrons. The van der Waals surface area contributed by atoms with Crippen molar-refractivity contribution in [2.24, 2.45) is 0 Å². The van der Waals surface area contributed by atoms with Gasteiger partial charge < -0.3 is 29.4 Å². The van der Waals surface area contributed by atoms with Gasteiger partial charge in [-0.05, 0) is 0 Å². The second kappa shape index (κ2) is 8.95. The molecule has 0 aromatic carbocycles. The molecule has 0 unspecified atom stereocenters. The summed E-state index contributed by atoms with van der Waals surface area (Å²) in [5, 5.41) is 0. The quantitative estimate of drug-likeness (QED) is 0.203. The van der Waals surface area contributed by atoms with E-state index < -0.39 is 15.6 Å². The molecule has 6 N–H and O–H groups in total. The van der Waals surface area contributed by atoms with Crippen LogP contribution in [-0.2, 0) is 28.6 Å². The molecule has 0 saturated heterocycles. The summed E-state index contributed by atoms with van der Waals surface area (Å²) in [6.07, 6.45) is 0. The van der Waals surface area contributed by atoms with Crippen LogP contribution in [0.25, 0.3) is 0 Å². The molecule has 0 aromatic heterocycles. The van der Waals surface area contributed by atoms with Crippen LogP contribution in [-0.4, -0.2) is 46.7 Å². The van der Waals surface area contributed by atoms with Crippen LogP contribution in [0.1, 0.15) is 0 Å². The Morgan fingerprint density at radius 3 is 0.667 bits per heavy atom. The van der Waals surface area contributed by atoms with Gasteiger partial charge in [0.25, 0.3) is 0 Å². The molecule has 8 nitrogen and oxygen atoms in total. The van der Waals surface area contributed by atoms with Crippen LogP contribution in [0.3, 0.4) is 0 Å². The maximum absolute atomic E-state index is 8.88. The molecule has 0 spiro atoms. The second-order valence-electron chi connectivity index (χ2n) is 1.03. The van der Waals surface area contributed by atoms with Crippen molar-refractivity contribution in [1.82, 2.24) is 0 Å². The molecule has 0 aromatic rings. The SMILES string of the molecule is O=P(O)(O)O.O=P(O)(O)O.[AlH3].[Zn]. The van der Waals surface area contributed by atoms with Crippen molar-refractivity contribution in [3.8, 4) is 0 Å². The fourth-order valence-corrected chi connectivity index (χ4v) is 0. The fraction of sp³-hybridized carbons (Fsp3) is 0. The topological polar surface area (TPSA) is 156 Å². The third-order valence-electron chi connectivity index (χ3n) is 0. The Kier molecular flexibility index (Phi) is 17.4. The van der Waals surface area contributed by atoms with Gasteiger partial charge in [0.15, 0.2) is 17.4 Å².